The van der Waals surface area contributed by atoms with Gasteiger partial charge in [-0.05, 0) is 162 Å². The van der Waals surface area contributed by atoms with E-state index in [0.717, 1.165) is 0 Å². The Hall–Kier alpha value is -7.54. The van der Waals surface area contributed by atoms with Crippen molar-refractivity contribution >= 4 is 162 Å². The summed E-state index contributed by atoms with van der Waals surface area (Å²) in [6.45, 7) is 0. The summed E-state index contributed by atoms with van der Waals surface area (Å²) >= 11 is 0. The molecule has 58 heavy (non-hydrogen) atoms. The van der Waals surface area contributed by atoms with Crippen LogP contribution in [-0.2, 0) is 0 Å². The Morgan fingerprint density at radius 3 is 0.466 bits per heavy atom. The first-order valence-corrected chi connectivity index (χ1v) is 20.5. The Labute approximate surface area is 330 Å². The second-order valence-electron chi connectivity index (χ2n) is 16.8. The highest BCUT2D eigenvalue weighted by Crippen LogP contribution is 2.59. The molecule has 0 saturated carbocycles. The van der Waals surface area contributed by atoms with Crippen molar-refractivity contribution in [3.63, 3.8) is 0 Å². The maximum absolute atomic E-state index is 2.41. The van der Waals surface area contributed by atoms with E-state index in [2.05, 4.69) is 170 Å². The van der Waals surface area contributed by atoms with Gasteiger partial charge < -0.3 is 0 Å². The van der Waals surface area contributed by atoms with Crippen LogP contribution in [0.25, 0.3) is 162 Å². The summed E-state index contributed by atoms with van der Waals surface area (Å²) in [5.41, 5.74) is 0. The van der Waals surface area contributed by atoms with Crippen molar-refractivity contribution < 1.29 is 0 Å². The molecule has 0 spiro atoms. The lowest BCUT2D eigenvalue weighted by atomic mass is 9.74. The quantitative estimate of drug-likeness (QED) is 0.108. The molecule has 16 rings (SSSR count). The molecule has 0 N–H and O–H groups in total. The molecule has 0 nitrogen and oxygen atoms in total. The molecule has 16 aromatic rings. The molecule has 0 heterocycles. The number of rotatable bonds is 0. The van der Waals surface area contributed by atoms with E-state index in [-0.39, 0.29) is 0 Å². The van der Waals surface area contributed by atoms with E-state index in [0.29, 0.717) is 0 Å². The molecule has 260 valence electrons. The van der Waals surface area contributed by atoms with Gasteiger partial charge in [0.25, 0.3) is 0 Å². The molecule has 0 aromatic heterocycles. The fourth-order valence-corrected chi connectivity index (χ4v) is 12.7. The molecule has 16 aromatic carbocycles. The maximum Gasteiger partial charge on any atom is -0.0000469 e. The monoisotopic (exact) mass is 724 g/mol. The zero-order valence-electron chi connectivity index (χ0n) is 31.2. The minimum atomic E-state index is 1.32. The summed E-state index contributed by atoms with van der Waals surface area (Å²) in [6.07, 6.45) is 0. The van der Waals surface area contributed by atoms with Crippen LogP contribution in [0.4, 0.5) is 0 Å². The Morgan fingerprint density at radius 1 is 0.103 bits per heavy atom. The van der Waals surface area contributed by atoms with E-state index >= 15 is 0 Å². The first kappa shape index (κ1) is 28.8. The molecule has 0 aliphatic rings. The van der Waals surface area contributed by atoms with Gasteiger partial charge in [-0.25, -0.2) is 0 Å². The van der Waals surface area contributed by atoms with E-state index in [1.54, 1.807) is 0 Å². The molecule has 0 saturated heterocycles. The Balaban J connectivity index is 1.46. The van der Waals surface area contributed by atoms with Gasteiger partial charge in [-0.2, -0.15) is 0 Å². The van der Waals surface area contributed by atoms with E-state index in [4.69, 9.17) is 0 Å². The summed E-state index contributed by atoms with van der Waals surface area (Å²) in [5, 5.41) is 40.8. The molecule has 0 radical (unpaired) electrons. The lowest BCUT2D eigenvalue weighted by Gasteiger charge is -2.28. The zero-order valence-corrected chi connectivity index (χ0v) is 31.2. The van der Waals surface area contributed by atoms with Crippen LogP contribution in [0.5, 0.6) is 0 Å². The summed E-state index contributed by atoms with van der Waals surface area (Å²) < 4.78 is 0. The minimum absolute atomic E-state index is 1.32. The van der Waals surface area contributed by atoms with E-state index in [9.17, 15) is 0 Å². The molecule has 0 aliphatic carbocycles. The van der Waals surface area contributed by atoms with Gasteiger partial charge in [-0.15, -0.1) is 0 Å². The van der Waals surface area contributed by atoms with Gasteiger partial charge in [0.1, 0.15) is 0 Å². The Kier molecular flexibility index (Phi) is 4.73. The highest BCUT2D eigenvalue weighted by molar-refractivity contribution is 6.61. The van der Waals surface area contributed by atoms with Gasteiger partial charge in [-0.3, -0.25) is 0 Å². The molecule has 0 fully saturated rings. The second kappa shape index (κ2) is 9.52. The normalized spacial score (nSPS) is 13.2. The fourth-order valence-electron chi connectivity index (χ4n) is 12.7. The van der Waals surface area contributed by atoms with E-state index in [1.165, 1.54) is 162 Å². The standard InChI is InChI=1S/C58H28/c1-5-17-37-29(13-1)33-21-9-25-41-42-26-10-22-34-31-15-3-7-19-39(31)51-54(46(34)42)53(45(33)41)49(37)57-50-38-18-6-2-14-30(38)35-23-11-27-43-44-28-12-24-36-32-16-4-8-20-40(32)52(58(51)57)56(48(36)44)55(50)47(35)43/h1-28H. The summed E-state index contributed by atoms with van der Waals surface area (Å²) in [7, 11) is 0. The number of hydrogen-bond acceptors (Lipinski definition) is 0. The fraction of sp³-hybridized carbons (Fsp3) is 0. The first-order valence-electron chi connectivity index (χ1n) is 20.5. The molecule has 0 atom stereocenters. The van der Waals surface area contributed by atoms with Crippen molar-refractivity contribution in [3.8, 4) is 0 Å². The third kappa shape index (κ3) is 2.95. The molecule has 0 bridgehead atoms. The highest BCUT2D eigenvalue weighted by atomic mass is 14.3. The smallest absolute Gasteiger partial charge is 0.0000469 e. The average molecular weight is 725 g/mol. The van der Waals surface area contributed by atoms with Crippen molar-refractivity contribution in [2.75, 3.05) is 0 Å². The third-order valence-electron chi connectivity index (χ3n) is 14.5. The maximum atomic E-state index is 2.41. The van der Waals surface area contributed by atoms with Crippen molar-refractivity contribution in [2.24, 2.45) is 0 Å². The van der Waals surface area contributed by atoms with Gasteiger partial charge >= 0.3 is 0 Å². The number of hydrogen-bond donors (Lipinski definition) is 0. The van der Waals surface area contributed by atoms with Crippen molar-refractivity contribution in [2.45, 2.75) is 0 Å². The zero-order chi connectivity index (χ0) is 37.1. The molecule has 0 heteroatoms. The van der Waals surface area contributed by atoms with Crippen LogP contribution in [0.15, 0.2) is 170 Å². The van der Waals surface area contributed by atoms with Crippen LogP contribution >= 0.6 is 0 Å². The van der Waals surface area contributed by atoms with Crippen LogP contribution in [0, 0.1) is 0 Å². The summed E-state index contributed by atoms with van der Waals surface area (Å²) in [5.74, 6) is 0. The number of benzene rings is 16. The van der Waals surface area contributed by atoms with Gasteiger partial charge in [-0.1, -0.05) is 170 Å². The van der Waals surface area contributed by atoms with Gasteiger partial charge in [0.2, 0.25) is 0 Å². The second-order valence-corrected chi connectivity index (χ2v) is 16.8. The minimum Gasteiger partial charge on any atom is -0.0616 e. The topological polar surface area (TPSA) is 0 Å². The van der Waals surface area contributed by atoms with Crippen molar-refractivity contribution in [1.82, 2.24) is 0 Å². The Bertz CT molecular complexity index is 3950. The predicted molar refractivity (Wildman–Crippen MR) is 254 cm³/mol. The van der Waals surface area contributed by atoms with E-state index < -0.39 is 0 Å². The molecule has 0 aliphatic heterocycles. The lowest BCUT2D eigenvalue weighted by Crippen LogP contribution is -1.98. The third-order valence-corrected chi connectivity index (χ3v) is 14.5. The van der Waals surface area contributed by atoms with E-state index in [1.807, 2.05) is 0 Å². The molecular formula is C58H28. The van der Waals surface area contributed by atoms with Crippen molar-refractivity contribution in [3.05, 3.63) is 170 Å². The lowest BCUT2D eigenvalue weighted by molar-refractivity contribution is 1.80. The average Bonchev–Trinajstić information content (AvgIpc) is 3.29. The van der Waals surface area contributed by atoms with Crippen LogP contribution in [0.1, 0.15) is 0 Å². The molecular weight excluding hydrogens is 697 g/mol. The molecule has 0 amide bonds. The van der Waals surface area contributed by atoms with Gasteiger partial charge in [0.05, 0.1) is 0 Å². The predicted octanol–water partition coefficient (Wildman–Crippen LogP) is 16.7. The molecule has 0 unspecified atom stereocenters. The van der Waals surface area contributed by atoms with Crippen LogP contribution in [0.2, 0.25) is 0 Å². The van der Waals surface area contributed by atoms with Crippen molar-refractivity contribution in [1.29, 1.82) is 0 Å². The summed E-state index contributed by atoms with van der Waals surface area (Å²) in [4.78, 5) is 0. The van der Waals surface area contributed by atoms with Crippen LogP contribution in [0.3, 0.4) is 0 Å². The van der Waals surface area contributed by atoms with Crippen LogP contribution in [-0.4, -0.2) is 0 Å². The first-order chi connectivity index (χ1) is 28.9. The highest BCUT2D eigenvalue weighted by Gasteiger charge is 2.30. The largest absolute Gasteiger partial charge is 0.0616 e. The SMILES string of the molecule is c1ccc2c(c1)c1cccc3c4cccc5c6ccccc6c6c(c54)c(c13)c2c1c2c3ccccc3c3cccc4c5cccc7c8ccccc8c(c(c75)c2c34)c61. The van der Waals surface area contributed by atoms with Gasteiger partial charge in [0, 0.05) is 0 Å². The van der Waals surface area contributed by atoms with Crippen LogP contribution < -0.4 is 0 Å². The van der Waals surface area contributed by atoms with Gasteiger partial charge in [0.15, 0.2) is 0 Å². The number of fused-ring (bicyclic) bond motifs is 19. The summed E-state index contributed by atoms with van der Waals surface area (Å²) in [6, 6.07) is 65.2. The Morgan fingerprint density at radius 2 is 0.241 bits per heavy atom.